The van der Waals surface area contributed by atoms with Crippen molar-refractivity contribution < 1.29 is 8.42 Å². The van der Waals surface area contributed by atoms with Crippen molar-refractivity contribution in [1.29, 1.82) is 0 Å². The molecule has 3 rings (SSSR count). The third-order valence-corrected chi connectivity index (χ3v) is 7.07. The van der Waals surface area contributed by atoms with Crippen LogP contribution in [0.2, 0.25) is 5.02 Å². The fourth-order valence-corrected chi connectivity index (χ4v) is 5.12. The molecule has 0 radical (unpaired) electrons. The van der Waals surface area contributed by atoms with E-state index in [1.807, 2.05) is 61.3 Å². The quantitative estimate of drug-likeness (QED) is 0.754. The summed E-state index contributed by atoms with van der Waals surface area (Å²) in [7, 11) is -0.516. The number of nitrogens with zero attached hydrogens (tertiary/aromatic N) is 3. The maximum atomic E-state index is 13.3. The van der Waals surface area contributed by atoms with Gasteiger partial charge in [0.15, 0.2) is 0 Å². The van der Waals surface area contributed by atoms with Crippen molar-refractivity contribution in [1.82, 2.24) is 13.7 Å². The summed E-state index contributed by atoms with van der Waals surface area (Å²) < 4.78 is 29.3. The van der Waals surface area contributed by atoms with Crippen molar-refractivity contribution >= 4 is 21.8 Å². The minimum absolute atomic E-state index is 0.0181. The van der Waals surface area contributed by atoms with Crippen LogP contribution in [0.25, 0.3) is 0 Å². The van der Waals surface area contributed by atoms with E-state index in [0.717, 1.165) is 11.1 Å². The molecular formula is C20H26ClN3O2S. The summed E-state index contributed by atoms with van der Waals surface area (Å²) in [5.74, 6) is 0.0181. The fourth-order valence-electron chi connectivity index (χ4n) is 3.59. The molecule has 1 heterocycles. The number of rotatable bonds is 5. The molecule has 2 unspecified atom stereocenters. The number of hydrogen-bond acceptors (Lipinski definition) is 3. The Morgan fingerprint density at radius 1 is 1.00 bits per heavy atom. The van der Waals surface area contributed by atoms with E-state index < -0.39 is 10.2 Å². The Hall–Kier alpha value is -1.44. The second-order valence-corrected chi connectivity index (χ2v) is 9.73. The summed E-state index contributed by atoms with van der Waals surface area (Å²) in [5, 5.41) is 2.59. The first-order chi connectivity index (χ1) is 12.7. The Kier molecular flexibility index (Phi) is 5.93. The second-order valence-electron chi connectivity index (χ2n) is 7.29. The van der Waals surface area contributed by atoms with Crippen molar-refractivity contribution in [3.8, 4) is 0 Å². The highest BCUT2D eigenvalue weighted by atomic mass is 35.5. The van der Waals surface area contributed by atoms with Gasteiger partial charge in [0.2, 0.25) is 0 Å². The van der Waals surface area contributed by atoms with Crippen molar-refractivity contribution in [2.45, 2.75) is 31.8 Å². The van der Waals surface area contributed by atoms with Gasteiger partial charge < -0.3 is 0 Å². The minimum atomic E-state index is -3.66. The van der Waals surface area contributed by atoms with Crippen molar-refractivity contribution in [2.24, 2.45) is 0 Å². The Morgan fingerprint density at radius 3 is 2.11 bits per heavy atom. The zero-order chi connectivity index (χ0) is 19.8. The van der Waals surface area contributed by atoms with E-state index in [4.69, 9.17) is 11.6 Å². The molecule has 0 amide bonds. The van der Waals surface area contributed by atoms with Crippen LogP contribution in [-0.4, -0.2) is 48.8 Å². The van der Waals surface area contributed by atoms with Gasteiger partial charge in [-0.05, 0) is 37.1 Å². The fraction of sp³-hybridized carbons (Fsp3) is 0.400. The Labute approximate surface area is 167 Å². The van der Waals surface area contributed by atoms with Crippen molar-refractivity contribution in [2.75, 3.05) is 20.6 Å². The van der Waals surface area contributed by atoms with Crippen LogP contribution in [0, 0.1) is 0 Å². The summed E-state index contributed by atoms with van der Waals surface area (Å²) in [6.07, 6.45) is 0. The standard InChI is InChI=1S/C20H26ClN3O2S/c1-15(2)23-14-19(16-8-6-5-7-9-16)20(17-10-12-18(21)13-11-17)24(23)27(25,26)22(3)4/h5-13,15,19-20H,14H2,1-4H3. The number of hydrogen-bond donors (Lipinski definition) is 0. The molecule has 1 aliphatic heterocycles. The molecule has 146 valence electrons. The highest BCUT2D eigenvalue weighted by Gasteiger charge is 2.49. The van der Waals surface area contributed by atoms with E-state index in [-0.39, 0.29) is 18.0 Å². The first kappa shape index (κ1) is 20.3. The largest absolute Gasteiger partial charge is 0.295 e. The van der Waals surface area contributed by atoms with Gasteiger partial charge in [-0.1, -0.05) is 54.1 Å². The SMILES string of the molecule is CC(C)N1CC(c2ccccc2)C(c2ccc(Cl)cc2)N1S(=O)(=O)N(C)C. The normalized spacial score (nSPS) is 22.0. The van der Waals surface area contributed by atoms with Gasteiger partial charge in [0.05, 0.1) is 6.04 Å². The second kappa shape index (κ2) is 7.89. The Morgan fingerprint density at radius 2 is 1.59 bits per heavy atom. The lowest BCUT2D eigenvalue weighted by Crippen LogP contribution is -2.50. The van der Waals surface area contributed by atoms with Crippen LogP contribution in [0.15, 0.2) is 54.6 Å². The van der Waals surface area contributed by atoms with E-state index in [0.29, 0.717) is 11.6 Å². The molecule has 2 aromatic carbocycles. The number of hydrazine groups is 1. The first-order valence-electron chi connectivity index (χ1n) is 9.02. The molecule has 0 aliphatic carbocycles. The smallest absolute Gasteiger partial charge is 0.223 e. The molecule has 5 nitrogen and oxygen atoms in total. The third-order valence-electron chi connectivity index (χ3n) is 4.99. The van der Waals surface area contributed by atoms with E-state index in [9.17, 15) is 8.42 Å². The van der Waals surface area contributed by atoms with E-state index in [2.05, 4.69) is 12.1 Å². The van der Waals surface area contributed by atoms with Crippen LogP contribution < -0.4 is 0 Å². The number of halogens is 1. The van der Waals surface area contributed by atoms with Gasteiger partial charge in [-0.15, -0.1) is 4.41 Å². The lowest BCUT2D eigenvalue weighted by atomic mass is 9.88. The van der Waals surface area contributed by atoms with Gasteiger partial charge in [-0.2, -0.15) is 12.7 Å². The van der Waals surface area contributed by atoms with Crippen LogP contribution in [0.4, 0.5) is 0 Å². The molecule has 0 aromatic heterocycles. The molecule has 2 aromatic rings. The van der Waals surface area contributed by atoms with Crippen LogP contribution in [0.5, 0.6) is 0 Å². The number of benzene rings is 2. The van der Waals surface area contributed by atoms with Gasteiger partial charge in [0, 0.05) is 37.6 Å². The van der Waals surface area contributed by atoms with Gasteiger partial charge in [-0.3, -0.25) is 0 Å². The zero-order valence-corrected chi connectivity index (χ0v) is 17.7. The van der Waals surface area contributed by atoms with E-state index >= 15 is 0 Å². The molecule has 0 N–H and O–H groups in total. The molecule has 2 atom stereocenters. The average molecular weight is 408 g/mol. The molecular weight excluding hydrogens is 382 g/mol. The highest BCUT2D eigenvalue weighted by molar-refractivity contribution is 7.86. The van der Waals surface area contributed by atoms with Gasteiger partial charge in [0.1, 0.15) is 0 Å². The molecule has 0 saturated carbocycles. The lowest BCUT2D eigenvalue weighted by Gasteiger charge is -2.35. The van der Waals surface area contributed by atoms with Gasteiger partial charge in [0.25, 0.3) is 10.2 Å². The summed E-state index contributed by atoms with van der Waals surface area (Å²) in [5.41, 5.74) is 2.06. The average Bonchev–Trinajstić information content (AvgIpc) is 3.04. The van der Waals surface area contributed by atoms with Crippen molar-refractivity contribution in [3.63, 3.8) is 0 Å². The predicted molar refractivity (Wildman–Crippen MR) is 110 cm³/mol. The summed E-state index contributed by atoms with van der Waals surface area (Å²) >= 11 is 6.08. The van der Waals surface area contributed by atoms with Crippen LogP contribution in [0.3, 0.4) is 0 Å². The molecule has 0 bridgehead atoms. The molecule has 1 saturated heterocycles. The molecule has 1 aliphatic rings. The maximum Gasteiger partial charge on any atom is 0.295 e. The van der Waals surface area contributed by atoms with Crippen LogP contribution in [0.1, 0.15) is 36.9 Å². The van der Waals surface area contributed by atoms with E-state index in [1.54, 1.807) is 18.5 Å². The van der Waals surface area contributed by atoms with Crippen LogP contribution in [-0.2, 0) is 10.2 Å². The Balaban J connectivity index is 2.18. The maximum absolute atomic E-state index is 13.3. The monoisotopic (exact) mass is 407 g/mol. The van der Waals surface area contributed by atoms with Crippen molar-refractivity contribution in [3.05, 3.63) is 70.7 Å². The molecule has 1 fully saturated rings. The zero-order valence-electron chi connectivity index (χ0n) is 16.1. The molecule has 7 heteroatoms. The molecule has 0 spiro atoms. The van der Waals surface area contributed by atoms with Gasteiger partial charge >= 0.3 is 0 Å². The summed E-state index contributed by atoms with van der Waals surface area (Å²) in [6, 6.07) is 17.3. The topological polar surface area (TPSA) is 43.9 Å². The predicted octanol–water partition coefficient (Wildman–Crippen LogP) is 3.91. The third kappa shape index (κ3) is 3.91. The minimum Gasteiger partial charge on any atom is -0.223 e. The highest BCUT2D eigenvalue weighted by Crippen LogP contribution is 2.45. The molecule has 27 heavy (non-hydrogen) atoms. The summed E-state index contributed by atoms with van der Waals surface area (Å²) in [4.78, 5) is 0. The van der Waals surface area contributed by atoms with Gasteiger partial charge in [-0.25, -0.2) is 5.01 Å². The Bertz CT molecular complexity index is 870. The first-order valence-corrected chi connectivity index (χ1v) is 10.8. The summed E-state index contributed by atoms with van der Waals surface area (Å²) in [6.45, 7) is 4.66. The van der Waals surface area contributed by atoms with E-state index in [1.165, 1.54) is 4.31 Å². The lowest BCUT2D eigenvalue weighted by molar-refractivity contribution is 0.0513. The van der Waals surface area contributed by atoms with Crippen LogP contribution >= 0.6 is 11.6 Å².